The van der Waals surface area contributed by atoms with Crippen LogP contribution in [0.3, 0.4) is 0 Å². The fourth-order valence-electron chi connectivity index (χ4n) is 2.10. The highest BCUT2D eigenvalue weighted by Gasteiger charge is 2.18. The normalized spacial score (nSPS) is 16.0. The number of guanidine groups is 1. The smallest absolute Gasteiger partial charge is 0.244 e. The summed E-state index contributed by atoms with van der Waals surface area (Å²) in [5.41, 5.74) is -0.271. The number of hydrogen-bond acceptors (Lipinski definition) is 3. The standard InChI is InChI=1S/C15H30N4O2.HI/c1-5-16-14(18-12-15(2,3)21-4)17-11-13(20)19-9-7-6-8-10-19;/h5-12H2,1-4H3,(H2,16,17,18);1H. The van der Waals surface area contributed by atoms with Crippen molar-refractivity contribution in [1.82, 2.24) is 15.5 Å². The van der Waals surface area contributed by atoms with Gasteiger partial charge in [0.15, 0.2) is 5.96 Å². The monoisotopic (exact) mass is 426 g/mol. The number of methoxy groups -OCH3 is 1. The summed E-state index contributed by atoms with van der Waals surface area (Å²) in [6, 6.07) is 0. The Morgan fingerprint density at radius 1 is 1.23 bits per heavy atom. The lowest BCUT2D eigenvalue weighted by atomic mass is 10.1. The molecule has 1 heterocycles. The molecule has 0 unspecified atom stereocenters. The van der Waals surface area contributed by atoms with E-state index < -0.39 is 0 Å². The van der Waals surface area contributed by atoms with Crippen LogP contribution in [0.1, 0.15) is 40.0 Å². The third-order valence-electron chi connectivity index (χ3n) is 3.66. The Morgan fingerprint density at radius 3 is 2.41 bits per heavy atom. The molecule has 1 aliphatic heterocycles. The maximum Gasteiger partial charge on any atom is 0.244 e. The van der Waals surface area contributed by atoms with Crippen LogP contribution < -0.4 is 10.6 Å². The molecular weight excluding hydrogens is 395 g/mol. The van der Waals surface area contributed by atoms with Crippen molar-refractivity contribution in [2.24, 2.45) is 4.99 Å². The molecule has 0 saturated carbocycles. The number of halogens is 1. The van der Waals surface area contributed by atoms with E-state index in [1.165, 1.54) is 6.42 Å². The highest BCUT2D eigenvalue weighted by atomic mass is 127. The maximum atomic E-state index is 12.1. The van der Waals surface area contributed by atoms with Crippen LogP contribution in [-0.2, 0) is 9.53 Å². The van der Waals surface area contributed by atoms with E-state index in [1.54, 1.807) is 7.11 Å². The number of amides is 1. The Morgan fingerprint density at radius 2 is 1.86 bits per heavy atom. The average molecular weight is 426 g/mol. The van der Waals surface area contributed by atoms with Crippen LogP contribution in [0.25, 0.3) is 0 Å². The molecule has 0 aromatic heterocycles. The lowest BCUT2D eigenvalue weighted by Crippen LogP contribution is -2.46. The van der Waals surface area contributed by atoms with Crippen LogP contribution in [-0.4, -0.2) is 62.2 Å². The molecule has 1 amide bonds. The molecule has 0 bridgehead atoms. The second-order valence-electron chi connectivity index (χ2n) is 5.95. The third-order valence-corrected chi connectivity index (χ3v) is 3.66. The molecule has 0 spiro atoms. The number of likely N-dealkylation sites (tertiary alicyclic amines) is 1. The summed E-state index contributed by atoms with van der Waals surface area (Å²) in [7, 11) is 1.69. The third kappa shape index (κ3) is 8.17. The average Bonchev–Trinajstić information content (AvgIpc) is 2.50. The van der Waals surface area contributed by atoms with Crippen LogP contribution >= 0.6 is 24.0 Å². The quantitative estimate of drug-likeness (QED) is 0.385. The van der Waals surface area contributed by atoms with E-state index in [4.69, 9.17) is 4.74 Å². The summed E-state index contributed by atoms with van der Waals surface area (Å²) in [5, 5.41) is 6.36. The van der Waals surface area contributed by atoms with Gasteiger partial charge in [-0.3, -0.25) is 4.79 Å². The van der Waals surface area contributed by atoms with Crippen molar-refractivity contribution in [2.75, 3.05) is 39.8 Å². The SMILES string of the molecule is CCNC(=NCC(=O)N1CCCCC1)NCC(C)(C)OC.I. The lowest BCUT2D eigenvalue weighted by molar-refractivity contribution is -0.130. The minimum absolute atomic E-state index is 0. The predicted molar refractivity (Wildman–Crippen MR) is 101 cm³/mol. The number of hydrogen-bond donors (Lipinski definition) is 2. The lowest BCUT2D eigenvalue weighted by Gasteiger charge is -2.26. The summed E-state index contributed by atoms with van der Waals surface area (Å²) >= 11 is 0. The van der Waals surface area contributed by atoms with E-state index in [-0.39, 0.29) is 42.0 Å². The Labute approximate surface area is 151 Å². The Hall–Kier alpha value is -0.570. The molecule has 0 radical (unpaired) electrons. The van der Waals surface area contributed by atoms with Gasteiger partial charge in [-0.1, -0.05) is 0 Å². The van der Waals surface area contributed by atoms with Crippen LogP contribution in [0.4, 0.5) is 0 Å². The van der Waals surface area contributed by atoms with Gasteiger partial charge in [0.1, 0.15) is 6.54 Å². The van der Waals surface area contributed by atoms with Crippen molar-refractivity contribution in [2.45, 2.75) is 45.6 Å². The minimum atomic E-state index is -0.271. The summed E-state index contributed by atoms with van der Waals surface area (Å²) in [6.07, 6.45) is 3.44. The first-order valence-corrected chi connectivity index (χ1v) is 7.83. The fourth-order valence-corrected chi connectivity index (χ4v) is 2.10. The molecular formula is C15H31IN4O2. The van der Waals surface area contributed by atoms with Crippen LogP contribution in [0, 0.1) is 0 Å². The van der Waals surface area contributed by atoms with E-state index in [2.05, 4.69) is 15.6 Å². The fraction of sp³-hybridized carbons (Fsp3) is 0.867. The first-order valence-electron chi connectivity index (χ1n) is 7.83. The number of rotatable bonds is 6. The van der Waals surface area contributed by atoms with Gasteiger partial charge in [0, 0.05) is 33.3 Å². The van der Waals surface area contributed by atoms with E-state index >= 15 is 0 Å². The first kappa shape index (κ1) is 21.4. The molecule has 7 heteroatoms. The van der Waals surface area contributed by atoms with E-state index in [0.717, 1.165) is 32.5 Å². The molecule has 22 heavy (non-hydrogen) atoms. The molecule has 0 atom stereocenters. The molecule has 6 nitrogen and oxygen atoms in total. The largest absolute Gasteiger partial charge is 0.377 e. The zero-order valence-corrected chi connectivity index (χ0v) is 16.6. The summed E-state index contributed by atoms with van der Waals surface area (Å²) in [4.78, 5) is 18.4. The molecule has 2 N–H and O–H groups in total. The summed E-state index contributed by atoms with van der Waals surface area (Å²) in [5.74, 6) is 0.769. The number of aliphatic imine (C=N–C) groups is 1. The van der Waals surface area contributed by atoms with Crippen LogP contribution in [0.15, 0.2) is 4.99 Å². The molecule has 1 rings (SSSR count). The van der Waals surface area contributed by atoms with Gasteiger partial charge in [-0.15, -0.1) is 24.0 Å². The van der Waals surface area contributed by atoms with Gasteiger partial charge < -0.3 is 20.3 Å². The number of piperidine rings is 1. The molecule has 1 fully saturated rings. The number of carbonyl (C=O) groups excluding carboxylic acids is 1. The van der Waals surface area contributed by atoms with Crippen molar-refractivity contribution >= 4 is 35.8 Å². The van der Waals surface area contributed by atoms with Gasteiger partial charge in [0.2, 0.25) is 5.91 Å². The van der Waals surface area contributed by atoms with Crippen molar-refractivity contribution in [3.05, 3.63) is 0 Å². The van der Waals surface area contributed by atoms with Gasteiger partial charge in [-0.2, -0.15) is 0 Å². The van der Waals surface area contributed by atoms with E-state index in [0.29, 0.717) is 12.5 Å². The highest BCUT2D eigenvalue weighted by Crippen LogP contribution is 2.08. The van der Waals surface area contributed by atoms with Gasteiger partial charge in [-0.05, 0) is 40.0 Å². The Kier molecular flexibility index (Phi) is 10.8. The molecule has 1 saturated heterocycles. The minimum Gasteiger partial charge on any atom is -0.377 e. The summed E-state index contributed by atoms with van der Waals surface area (Å²) in [6.45, 7) is 9.34. The maximum absolute atomic E-state index is 12.1. The zero-order chi connectivity index (χ0) is 15.7. The van der Waals surface area contributed by atoms with Gasteiger partial charge in [-0.25, -0.2) is 4.99 Å². The molecule has 1 aliphatic rings. The molecule has 130 valence electrons. The van der Waals surface area contributed by atoms with Gasteiger partial charge in [0.05, 0.1) is 5.60 Å². The van der Waals surface area contributed by atoms with Crippen LogP contribution in [0.5, 0.6) is 0 Å². The Bertz CT molecular complexity index is 355. The first-order chi connectivity index (χ1) is 9.98. The van der Waals surface area contributed by atoms with Crippen LogP contribution in [0.2, 0.25) is 0 Å². The summed E-state index contributed by atoms with van der Waals surface area (Å²) < 4.78 is 5.37. The van der Waals surface area contributed by atoms with Crippen molar-refractivity contribution in [3.8, 4) is 0 Å². The number of nitrogens with one attached hydrogen (secondary N) is 2. The molecule has 0 aliphatic carbocycles. The number of nitrogens with zero attached hydrogens (tertiary/aromatic N) is 2. The topological polar surface area (TPSA) is 66.0 Å². The predicted octanol–water partition coefficient (Wildman–Crippen LogP) is 1.60. The highest BCUT2D eigenvalue weighted by molar-refractivity contribution is 14.0. The van der Waals surface area contributed by atoms with Crippen molar-refractivity contribution in [3.63, 3.8) is 0 Å². The Balaban J connectivity index is 0.00000441. The van der Waals surface area contributed by atoms with Crippen molar-refractivity contribution in [1.29, 1.82) is 0 Å². The molecule has 0 aromatic rings. The second kappa shape index (κ2) is 11.0. The van der Waals surface area contributed by atoms with E-state index in [1.807, 2.05) is 25.7 Å². The number of ether oxygens (including phenoxy) is 1. The van der Waals surface area contributed by atoms with E-state index in [9.17, 15) is 4.79 Å². The number of carbonyl (C=O) groups is 1. The van der Waals surface area contributed by atoms with Crippen molar-refractivity contribution < 1.29 is 9.53 Å². The van der Waals surface area contributed by atoms with Gasteiger partial charge in [0.25, 0.3) is 0 Å². The zero-order valence-electron chi connectivity index (χ0n) is 14.3. The molecule has 0 aromatic carbocycles. The second-order valence-corrected chi connectivity index (χ2v) is 5.95. The van der Waals surface area contributed by atoms with Gasteiger partial charge >= 0.3 is 0 Å².